The number of hydrogen-bond acceptors (Lipinski definition) is 1. The highest BCUT2D eigenvalue weighted by molar-refractivity contribution is 6.18. The van der Waals surface area contributed by atoms with Gasteiger partial charge in [0.15, 0.2) is 0 Å². The lowest BCUT2D eigenvalue weighted by molar-refractivity contribution is 0.997. The normalized spacial score (nSPS) is 13.0. The largest absolute Gasteiger partial charge is 0.354 e. The van der Waals surface area contributed by atoms with Gasteiger partial charge < -0.3 is 19.0 Å². The number of H-pyrrole nitrogens is 1. The summed E-state index contributed by atoms with van der Waals surface area (Å²) >= 11 is 0. The van der Waals surface area contributed by atoms with Crippen LogP contribution < -0.4 is 4.90 Å². The van der Waals surface area contributed by atoms with E-state index in [0.29, 0.717) is 0 Å². The second-order valence-electron chi connectivity index (χ2n) is 13.4. The van der Waals surface area contributed by atoms with E-state index in [9.17, 15) is 0 Å². The van der Waals surface area contributed by atoms with Gasteiger partial charge in [0.25, 0.3) is 0 Å². The van der Waals surface area contributed by atoms with Crippen LogP contribution in [0.1, 0.15) is 5.56 Å². The minimum atomic E-state index is 0.980. The maximum absolute atomic E-state index is 3.76. The maximum Gasteiger partial charge on any atom is 0.0594 e. The van der Waals surface area contributed by atoms with Crippen LogP contribution in [0.5, 0.6) is 0 Å². The number of rotatable bonds is 4. The van der Waals surface area contributed by atoms with Gasteiger partial charge in [-0.25, -0.2) is 0 Å². The van der Waals surface area contributed by atoms with Crippen molar-refractivity contribution >= 4 is 65.9 Å². The number of hydrogen-bond donors (Lipinski definition) is 1. The smallest absolute Gasteiger partial charge is 0.0594 e. The zero-order valence-corrected chi connectivity index (χ0v) is 27.3. The monoisotopic (exact) mass is 640 g/mol. The number of nitrogens with one attached hydrogen (secondary N) is 1. The van der Waals surface area contributed by atoms with Gasteiger partial charge in [-0.05, 0) is 96.4 Å². The van der Waals surface area contributed by atoms with Crippen molar-refractivity contribution in [3.63, 3.8) is 0 Å². The molecule has 236 valence electrons. The van der Waals surface area contributed by atoms with Crippen molar-refractivity contribution in [3.8, 4) is 22.5 Å². The van der Waals surface area contributed by atoms with Crippen molar-refractivity contribution in [3.05, 3.63) is 169 Å². The van der Waals surface area contributed by atoms with Gasteiger partial charge in [-0.1, -0.05) is 78.9 Å². The van der Waals surface area contributed by atoms with Gasteiger partial charge in [0.1, 0.15) is 0 Å². The van der Waals surface area contributed by atoms with Crippen LogP contribution in [0.15, 0.2) is 164 Å². The average molecular weight is 641 g/mol. The van der Waals surface area contributed by atoms with Crippen molar-refractivity contribution in [2.45, 2.75) is 6.42 Å². The quantitative estimate of drug-likeness (QED) is 0.204. The van der Waals surface area contributed by atoms with Gasteiger partial charge in [0.05, 0.1) is 22.1 Å². The molecule has 0 radical (unpaired) electrons. The molecule has 50 heavy (non-hydrogen) atoms. The third-order valence-electron chi connectivity index (χ3n) is 10.8. The fourth-order valence-electron chi connectivity index (χ4n) is 8.49. The predicted octanol–water partition coefficient (Wildman–Crippen LogP) is 11.7. The molecular formula is C46H32N4. The number of anilines is 2. The van der Waals surface area contributed by atoms with E-state index in [1.165, 1.54) is 88.4 Å². The Morgan fingerprint density at radius 2 is 1.14 bits per heavy atom. The number of para-hydroxylation sites is 3. The summed E-state index contributed by atoms with van der Waals surface area (Å²) < 4.78 is 4.75. The summed E-state index contributed by atoms with van der Waals surface area (Å²) in [4.78, 5) is 6.22. The molecule has 4 heterocycles. The zero-order chi connectivity index (χ0) is 32.8. The van der Waals surface area contributed by atoms with Crippen LogP contribution in [-0.4, -0.2) is 20.7 Å². The second kappa shape index (κ2) is 10.5. The lowest BCUT2D eigenvalue weighted by Crippen LogP contribution is -2.12. The SMILES string of the molecule is c1ccc(N2CCc3c2ccc2c4cc(-c5ccc6[nH]c7c(ccc8c7ccn8-c7ccccc7)c6c5)ccc4n(-c4ccccc4)c32)cc1. The van der Waals surface area contributed by atoms with Gasteiger partial charge in [0, 0.05) is 73.5 Å². The molecule has 0 aliphatic carbocycles. The summed E-state index contributed by atoms with van der Waals surface area (Å²) in [6, 6.07) is 57.5. The number of fused-ring (bicyclic) bond motifs is 10. The van der Waals surface area contributed by atoms with Crippen molar-refractivity contribution in [2.75, 3.05) is 11.4 Å². The maximum atomic E-state index is 3.76. The molecule has 7 aromatic carbocycles. The first-order chi connectivity index (χ1) is 24.8. The molecule has 0 atom stereocenters. The summed E-state index contributed by atoms with van der Waals surface area (Å²) in [5.74, 6) is 0. The molecule has 0 unspecified atom stereocenters. The summed E-state index contributed by atoms with van der Waals surface area (Å²) in [6.45, 7) is 0.980. The van der Waals surface area contributed by atoms with Crippen LogP contribution in [0.4, 0.5) is 11.4 Å². The van der Waals surface area contributed by atoms with Crippen LogP contribution in [0.2, 0.25) is 0 Å². The summed E-state index contributed by atoms with van der Waals surface area (Å²) in [6.07, 6.45) is 3.18. The molecule has 3 aromatic heterocycles. The molecule has 11 rings (SSSR count). The van der Waals surface area contributed by atoms with E-state index >= 15 is 0 Å². The van der Waals surface area contributed by atoms with Gasteiger partial charge >= 0.3 is 0 Å². The number of aromatic amines is 1. The Bertz CT molecular complexity index is 2910. The van der Waals surface area contributed by atoms with E-state index in [2.05, 4.69) is 183 Å². The third-order valence-corrected chi connectivity index (χ3v) is 10.8. The molecular weight excluding hydrogens is 609 g/mol. The van der Waals surface area contributed by atoms with Crippen LogP contribution in [0.3, 0.4) is 0 Å². The molecule has 1 N–H and O–H groups in total. The molecule has 0 saturated carbocycles. The van der Waals surface area contributed by atoms with Crippen molar-refractivity contribution in [2.24, 2.45) is 0 Å². The Kier molecular flexibility index (Phi) is 5.75. The third kappa shape index (κ3) is 3.93. The van der Waals surface area contributed by atoms with Crippen LogP contribution in [-0.2, 0) is 6.42 Å². The Balaban J connectivity index is 1.08. The zero-order valence-electron chi connectivity index (χ0n) is 27.3. The van der Waals surface area contributed by atoms with E-state index in [0.717, 1.165) is 18.5 Å². The molecule has 10 aromatic rings. The Morgan fingerprint density at radius 1 is 0.480 bits per heavy atom. The van der Waals surface area contributed by atoms with E-state index < -0.39 is 0 Å². The minimum Gasteiger partial charge on any atom is -0.354 e. The van der Waals surface area contributed by atoms with E-state index in [1.807, 2.05) is 0 Å². The van der Waals surface area contributed by atoms with Gasteiger partial charge in [-0.15, -0.1) is 0 Å². The van der Waals surface area contributed by atoms with Gasteiger partial charge in [-0.2, -0.15) is 0 Å². The van der Waals surface area contributed by atoms with Crippen molar-refractivity contribution in [1.29, 1.82) is 0 Å². The molecule has 0 amide bonds. The molecule has 0 saturated heterocycles. The number of benzene rings is 7. The van der Waals surface area contributed by atoms with Crippen LogP contribution in [0.25, 0.3) is 77.0 Å². The predicted molar refractivity (Wildman–Crippen MR) is 210 cm³/mol. The fourth-order valence-corrected chi connectivity index (χ4v) is 8.49. The average Bonchev–Trinajstić information content (AvgIpc) is 3.97. The van der Waals surface area contributed by atoms with E-state index in [1.54, 1.807) is 0 Å². The first-order valence-corrected chi connectivity index (χ1v) is 17.4. The molecule has 1 aliphatic rings. The number of aromatic nitrogens is 3. The van der Waals surface area contributed by atoms with Crippen LogP contribution >= 0.6 is 0 Å². The highest BCUT2D eigenvalue weighted by Gasteiger charge is 2.26. The highest BCUT2D eigenvalue weighted by Crippen LogP contribution is 2.44. The van der Waals surface area contributed by atoms with E-state index in [-0.39, 0.29) is 0 Å². The molecule has 1 aliphatic heterocycles. The van der Waals surface area contributed by atoms with Crippen molar-refractivity contribution < 1.29 is 0 Å². The molecule has 0 fully saturated rings. The summed E-state index contributed by atoms with van der Waals surface area (Å²) in [5.41, 5.74) is 14.9. The highest BCUT2D eigenvalue weighted by atomic mass is 15.2. The molecule has 4 nitrogen and oxygen atoms in total. The molecule has 4 heteroatoms. The van der Waals surface area contributed by atoms with Crippen molar-refractivity contribution in [1.82, 2.24) is 14.1 Å². The van der Waals surface area contributed by atoms with Gasteiger partial charge in [-0.3, -0.25) is 0 Å². The Labute approximate surface area is 289 Å². The van der Waals surface area contributed by atoms with Crippen LogP contribution in [0, 0.1) is 0 Å². The number of nitrogens with zero attached hydrogens (tertiary/aromatic N) is 3. The lowest BCUT2D eigenvalue weighted by atomic mass is 10.00. The lowest BCUT2D eigenvalue weighted by Gasteiger charge is -2.19. The fraction of sp³-hybridized carbons (Fsp3) is 0.0435. The first-order valence-electron chi connectivity index (χ1n) is 17.4. The minimum absolute atomic E-state index is 0.980. The topological polar surface area (TPSA) is 28.9 Å². The molecule has 0 bridgehead atoms. The summed E-state index contributed by atoms with van der Waals surface area (Å²) in [7, 11) is 0. The summed E-state index contributed by atoms with van der Waals surface area (Å²) in [5, 5.41) is 6.32. The van der Waals surface area contributed by atoms with E-state index in [4.69, 9.17) is 0 Å². The Morgan fingerprint density at radius 3 is 1.92 bits per heavy atom. The molecule has 0 spiro atoms. The van der Waals surface area contributed by atoms with Gasteiger partial charge in [0.2, 0.25) is 0 Å². The first kappa shape index (κ1) is 27.4. The standard InChI is InChI=1S/C46H32N4/c1-4-10-32(11-5-1)48-26-24-37-42(48)22-18-35-39-28-30(16-20-41(39)47-45(35)37)31-17-21-44-40(29-31)36-19-23-43-38(25-27-49(43)33-12-6-2-7-13-33)46(36)50(44)34-14-8-3-9-15-34/h1-24,26,28-29,47H,25,27H2. The Hall–Kier alpha value is -6.52. The second-order valence-corrected chi connectivity index (χ2v) is 13.4.